The summed E-state index contributed by atoms with van der Waals surface area (Å²) in [6.07, 6.45) is 2.08. The molecule has 0 spiro atoms. The van der Waals surface area contributed by atoms with E-state index >= 15 is 0 Å². The first-order chi connectivity index (χ1) is 10.2. The zero-order valence-corrected chi connectivity index (χ0v) is 15.0. The van der Waals surface area contributed by atoms with Gasteiger partial charge in [-0.05, 0) is 38.8 Å². The zero-order chi connectivity index (χ0) is 16.5. The summed E-state index contributed by atoms with van der Waals surface area (Å²) in [6.45, 7) is 7.39. The summed E-state index contributed by atoms with van der Waals surface area (Å²) in [5, 5.41) is 0. The molecule has 1 aliphatic rings. The van der Waals surface area contributed by atoms with Crippen molar-refractivity contribution >= 4 is 34.1 Å². The topological polar surface area (TPSA) is 57.4 Å². The number of hydrogen-bond acceptors (Lipinski definition) is 3. The van der Waals surface area contributed by atoms with Crippen molar-refractivity contribution in [3.63, 3.8) is 0 Å². The van der Waals surface area contributed by atoms with Crippen molar-refractivity contribution in [1.82, 2.24) is 0 Å². The lowest BCUT2D eigenvalue weighted by molar-refractivity contribution is -0.434. The number of rotatable bonds is 6. The molecule has 4 nitrogen and oxygen atoms in total. The molecule has 0 radical (unpaired) electrons. The second kappa shape index (κ2) is 6.34. The Kier molecular flexibility index (Phi) is 5.04. The standard InChI is InChI=1S/C16H23NO3S2/c1-4-17-12(2)16(3,9-5-6-10-22(18,19)20)14-11-13(21)7-8-15(14)17/h7-8,11H,4-6,9-10H2,1-3H3,(H-,18,19,20,21)/p+1. The molecule has 1 unspecified atom stereocenters. The largest absolute Gasteiger partial charge is 0.286 e. The van der Waals surface area contributed by atoms with Crippen LogP contribution in [0.25, 0.3) is 0 Å². The molecule has 122 valence electrons. The van der Waals surface area contributed by atoms with E-state index in [9.17, 15) is 8.42 Å². The predicted octanol–water partition coefficient (Wildman–Crippen LogP) is 3.43. The summed E-state index contributed by atoms with van der Waals surface area (Å²) in [7, 11) is -3.87. The van der Waals surface area contributed by atoms with Crippen molar-refractivity contribution < 1.29 is 17.5 Å². The molecule has 0 fully saturated rings. The molecule has 6 heteroatoms. The van der Waals surface area contributed by atoms with Gasteiger partial charge in [0, 0.05) is 23.4 Å². The van der Waals surface area contributed by atoms with Crippen molar-refractivity contribution in [3.8, 4) is 0 Å². The molecular formula is C16H24NO3S2+. The average Bonchev–Trinajstić information content (AvgIpc) is 2.63. The van der Waals surface area contributed by atoms with Crippen LogP contribution in [0.4, 0.5) is 5.69 Å². The summed E-state index contributed by atoms with van der Waals surface area (Å²) in [5.74, 6) is -0.168. The quantitative estimate of drug-likeness (QED) is 0.360. The number of hydrogen-bond donors (Lipinski definition) is 2. The minimum absolute atomic E-state index is 0.108. The molecular weight excluding hydrogens is 318 g/mol. The van der Waals surface area contributed by atoms with E-state index in [0.717, 1.165) is 24.3 Å². The maximum Gasteiger partial charge on any atom is 0.264 e. The molecule has 1 aliphatic heterocycles. The van der Waals surface area contributed by atoms with E-state index in [0.29, 0.717) is 6.42 Å². The molecule has 0 bridgehead atoms. The van der Waals surface area contributed by atoms with Crippen LogP contribution in [-0.4, -0.2) is 35.6 Å². The summed E-state index contributed by atoms with van der Waals surface area (Å²) in [5.41, 5.74) is 3.65. The molecule has 0 aromatic heterocycles. The molecule has 0 saturated carbocycles. The van der Waals surface area contributed by atoms with Gasteiger partial charge in [0.2, 0.25) is 5.69 Å². The van der Waals surface area contributed by atoms with Gasteiger partial charge in [0.05, 0.1) is 11.2 Å². The molecule has 2 rings (SSSR count). The SMILES string of the molecule is CC[N+]1=C(C)C(C)(CCCCS(=O)(=O)O)c2cc(S)ccc21. The van der Waals surface area contributed by atoms with E-state index in [-0.39, 0.29) is 11.2 Å². The van der Waals surface area contributed by atoms with E-state index in [2.05, 4.69) is 50.1 Å². The Labute approximate surface area is 138 Å². The van der Waals surface area contributed by atoms with Crippen LogP contribution in [0.15, 0.2) is 23.1 Å². The van der Waals surface area contributed by atoms with Crippen molar-refractivity contribution in [3.05, 3.63) is 23.8 Å². The molecule has 1 aromatic rings. The summed E-state index contributed by atoms with van der Waals surface area (Å²) in [4.78, 5) is 0.939. The van der Waals surface area contributed by atoms with Crippen molar-refractivity contribution in [2.45, 2.75) is 50.3 Å². The smallest absolute Gasteiger partial charge is 0.264 e. The average molecular weight is 343 g/mol. The molecule has 1 aromatic carbocycles. The Balaban J connectivity index is 2.25. The number of benzene rings is 1. The van der Waals surface area contributed by atoms with Gasteiger partial charge in [-0.15, -0.1) is 12.6 Å². The van der Waals surface area contributed by atoms with E-state index in [1.807, 2.05) is 6.07 Å². The highest BCUT2D eigenvalue weighted by Gasteiger charge is 2.45. The lowest BCUT2D eigenvalue weighted by Gasteiger charge is -2.22. The first-order valence-corrected chi connectivity index (χ1v) is 9.65. The highest BCUT2D eigenvalue weighted by Crippen LogP contribution is 2.43. The van der Waals surface area contributed by atoms with Gasteiger partial charge in [-0.1, -0.05) is 6.42 Å². The van der Waals surface area contributed by atoms with Gasteiger partial charge in [0.25, 0.3) is 10.1 Å². The first kappa shape index (κ1) is 17.5. The van der Waals surface area contributed by atoms with Crippen molar-refractivity contribution in [1.29, 1.82) is 0 Å². The van der Waals surface area contributed by atoms with E-state index in [1.165, 1.54) is 17.0 Å². The molecule has 1 N–H and O–H groups in total. The van der Waals surface area contributed by atoms with Crippen LogP contribution in [0, 0.1) is 0 Å². The fourth-order valence-corrected chi connectivity index (χ4v) is 4.13. The van der Waals surface area contributed by atoms with Gasteiger partial charge in [-0.25, -0.2) is 0 Å². The van der Waals surface area contributed by atoms with Gasteiger partial charge in [0.15, 0.2) is 5.71 Å². The lowest BCUT2D eigenvalue weighted by Crippen LogP contribution is -2.30. The normalized spacial score (nSPS) is 21.3. The van der Waals surface area contributed by atoms with Gasteiger partial charge in [-0.2, -0.15) is 13.0 Å². The van der Waals surface area contributed by atoms with Crippen LogP contribution in [0.3, 0.4) is 0 Å². The van der Waals surface area contributed by atoms with Gasteiger partial charge >= 0.3 is 0 Å². The second-order valence-electron chi connectivity index (χ2n) is 6.11. The molecule has 1 heterocycles. The Bertz CT molecular complexity index is 710. The maximum absolute atomic E-state index is 10.8. The van der Waals surface area contributed by atoms with Crippen molar-refractivity contribution in [2.24, 2.45) is 0 Å². The van der Waals surface area contributed by atoms with E-state index in [1.54, 1.807) is 0 Å². The van der Waals surface area contributed by atoms with E-state index < -0.39 is 10.1 Å². The Hall–Kier alpha value is -0.850. The van der Waals surface area contributed by atoms with Crippen LogP contribution in [0.5, 0.6) is 0 Å². The molecule has 0 saturated heterocycles. The predicted molar refractivity (Wildman–Crippen MR) is 92.5 cm³/mol. The Morgan fingerprint density at radius 1 is 1.32 bits per heavy atom. The summed E-state index contributed by atoms with van der Waals surface area (Å²) >= 11 is 4.46. The minimum Gasteiger partial charge on any atom is -0.286 e. The third kappa shape index (κ3) is 3.39. The van der Waals surface area contributed by atoms with Gasteiger partial charge in [-0.3, -0.25) is 4.55 Å². The highest BCUT2D eigenvalue weighted by molar-refractivity contribution is 7.85. The van der Waals surface area contributed by atoms with Gasteiger partial charge < -0.3 is 0 Å². The van der Waals surface area contributed by atoms with Gasteiger partial charge in [0.1, 0.15) is 6.54 Å². The van der Waals surface area contributed by atoms with Crippen LogP contribution < -0.4 is 0 Å². The monoisotopic (exact) mass is 342 g/mol. The molecule has 22 heavy (non-hydrogen) atoms. The third-order valence-corrected chi connectivity index (χ3v) is 5.80. The fraction of sp³-hybridized carbons (Fsp3) is 0.562. The number of unbranched alkanes of at least 4 members (excludes halogenated alkanes) is 1. The first-order valence-electron chi connectivity index (χ1n) is 7.59. The van der Waals surface area contributed by atoms with Crippen LogP contribution >= 0.6 is 12.6 Å². The maximum atomic E-state index is 10.8. The Morgan fingerprint density at radius 2 is 2.00 bits per heavy atom. The number of nitrogens with zero attached hydrogens (tertiary/aromatic N) is 1. The van der Waals surface area contributed by atoms with E-state index in [4.69, 9.17) is 4.55 Å². The minimum atomic E-state index is -3.87. The molecule has 0 aliphatic carbocycles. The second-order valence-corrected chi connectivity index (χ2v) is 8.19. The molecule has 0 amide bonds. The zero-order valence-electron chi connectivity index (χ0n) is 13.3. The number of fused-ring (bicyclic) bond motifs is 1. The fourth-order valence-electron chi connectivity index (χ4n) is 3.36. The Morgan fingerprint density at radius 3 is 2.59 bits per heavy atom. The van der Waals surface area contributed by atoms with Crippen LogP contribution in [0.2, 0.25) is 0 Å². The lowest BCUT2D eigenvalue weighted by atomic mass is 9.76. The summed E-state index contributed by atoms with van der Waals surface area (Å²) < 4.78 is 32.8. The molecule has 1 atom stereocenters. The summed E-state index contributed by atoms with van der Waals surface area (Å²) in [6, 6.07) is 6.22. The van der Waals surface area contributed by atoms with Crippen LogP contribution in [-0.2, 0) is 15.5 Å². The van der Waals surface area contributed by atoms with Crippen LogP contribution in [0.1, 0.15) is 45.6 Å². The highest BCUT2D eigenvalue weighted by atomic mass is 32.2. The number of thiol groups is 1. The third-order valence-electron chi connectivity index (χ3n) is 4.71. The van der Waals surface area contributed by atoms with Crippen molar-refractivity contribution in [2.75, 3.05) is 12.3 Å².